The highest BCUT2D eigenvalue weighted by atomic mass is 79.9. The van der Waals surface area contributed by atoms with Crippen molar-refractivity contribution < 1.29 is 5.21 Å². The lowest BCUT2D eigenvalue weighted by Crippen LogP contribution is -2.17. The highest BCUT2D eigenvalue weighted by Gasteiger charge is 2.08. The van der Waals surface area contributed by atoms with Crippen LogP contribution in [0.4, 0.5) is 5.69 Å². The van der Waals surface area contributed by atoms with Crippen molar-refractivity contribution in [3.8, 4) is 0 Å². The van der Waals surface area contributed by atoms with Crippen LogP contribution >= 0.6 is 15.9 Å². The van der Waals surface area contributed by atoms with E-state index in [-0.39, 0.29) is 5.84 Å². The first-order valence-corrected chi connectivity index (χ1v) is 7.38. The molecule has 2 rings (SSSR count). The van der Waals surface area contributed by atoms with E-state index in [0.29, 0.717) is 6.54 Å². The fourth-order valence-corrected chi connectivity index (χ4v) is 3.12. The lowest BCUT2D eigenvalue weighted by atomic mass is 10.1. The molecule has 0 saturated carbocycles. The third-order valence-corrected chi connectivity index (χ3v) is 3.91. The van der Waals surface area contributed by atoms with Crippen LogP contribution < -0.4 is 11.1 Å². The molecule has 2 aromatic carbocycles. The van der Waals surface area contributed by atoms with E-state index in [1.54, 1.807) is 0 Å². The number of halogens is 1. The van der Waals surface area contributed by atoms with Gasteiger partial charge >= 0.3 is 0 Å². The van der Waals surface area contributed by atoms with Gasteiger partial charge in [-0.3, -0.25) is 0 Å². The van der Waals surface area contributed by atoms with Crippen molar-refractivity contribution in [3.05, 3.63) is 63.1 Å². The maximum atomic E-state index is 8.85. The average Bonchev–Trinajstić information content (AvgIpc) is 2.45. The van der Waals surface area contributed by atoms with E-state index in [1.807, 2.05) is 24.3 Å². The van der Waals surface area contributed by atoms with Gasteiger partial charge in [-0.2, -0.15) is 0 Å². The second-order valence-electron chi connectivity index (χ2n) is 4.93. The minimum Gasteiger partial charge on any atom is -0.409 e. The Morgan fingerprint density at radius 3 is 2.67 bits per heavy atom. The second-order valence-corrected chi connectivity index (χ2v) is 5.79. The van der Waals surface area contributed by atoms with Gasteiger partial charge in [-0.25, -0.2) is 0 Å². The number of anilines is 1. The Morgan fingerprint density at radius 1 is 1.29 bits per heavy atom. The molecule has 110 valence electrons. The predicted octanol–water partition coefficient (Wildman–Crippen LogP) is 3.77. The third kappa shape index (κ3) is 3.55. The predicted molar refractivity (Wildman–Crippen MR) is 89.9 cm³/mol. The van der Waals surface area contributed by atoms with Crippen LogP contribution in [0.1, 0.15) is 22.3 Å². The summed E-state index contributed by atoms with van der Waals surface area (Å²) in [4.78, 5) is 0. The molecular weight excluding hydrogens is 330 g/mol. The number of aryl methyl sites for hydroxylation is 2. The first-order valence-electron chi connectivity index (χ1n) is 6.59. The first kappa shape index (κ1) is 15.4. The molecule has 0 amide bonds. The summed E-state index contributed by atoms with van der Waals surface area (Å²) in [5, 5.41) is 15.3. The van der Waals surface area contributed by atoms with Crippen LogP contribution in [0.3, 0.4) is 0 Å². The van der Waals surface area contributed by atoms with Gasteiger partial charge in [0.05, 0.1) is 5.69 Å². The van der Waals surface area contributed by atoms with E-state index in [0.717, 1.165) is 21.3 Å². The van der Waals surface area contributed by atoms with Gasteiger partial charge in [0.2, 0.25) is 0 Å². The highest BCUT2D eigenvalue weighted by molar-refractivity contribution is 9.10. The molecule has 21 heavy (non-hydrogen) atoms. The number of nitrogens with zero attached hydrogens (tertiary/aromatic N) is 1. The van der Waals surface area contributed by atoms with Crippen molar-refractivity contribution in [2.75, 3.05) is 5.32 Å². The van der Waals surface area contributed by atoms with Crippen molar-refractivity contribution in [2.24, 2.45) is 10.9 Å². The molecule has 0 aromatic heterocycles. The molecule has 0 spiro atoms. The Hall–Kier alpha value is -2.01. The van der Waals surface area contributed by atoms with Gasteiger partial charge in [-0.05, 0) is 52.5 Å². The normalized spacial score (nSPS) is 11.5. The van der Waals surface area contributed by atoms with Crippen LogP contribution in [0, 0.1) is 13.8 Å². The zero-order valence-corrected chi connectivity index (χ0v) is 13.6. The van der Waals surface area contributed by atoms with Crippen LogP contribution in [0.15, 0.2) is 46.0 Å². The standard InChI is InChI=1S/C16H18BrN3O/c1-10-7-11(2)15(14(17)8-10)19-9-12-5-3-4-6-13(12)16(18)20-21/h3-8,19,21H,9H2,1-2H3,(H2,18,20). The molecule has 5 heteroatoms. The molecule has 0 atom stereocenters. The quantitative estimate of drug-likeness (QED) is 0.341. The number of nitrogens with two attached hydrogens (primary N) is 1. The maximum absolute atomic E-state index is 8.85. The molecule has 4 N–H and O–H groups in total. The van der Waals surface area contributed by atoms with E-state index in [4.69, 9.17) is 10.9 Å². The van der Waals surface area contributed by atoms with E-state index in [9.17, 15) is 0 Å². The summed E-state index contributed by atoms with van der Waals surface area (Å²) in [6.07, 6.45) is 0. The van der Waals surface area contributed by atoms with Gasteiger partial charge in [0, 0.05) is 16.6 Å². The van der Waals surface area contributed by atoms with Crippen molar-refractivity contribution >= 4 is 27.5 Å². The van der Waals surface area contributed by atoms with Crippen molar-refractivity contribution in [2.45, 2.75) is 20.4 Å². The summed E-state index contributed by atoms with van der Waals surface area (Å²) in [6, 6.07) is 11.8. The molecule has 0 fully saturated rings. The minimum atomic E-state index is 0.118. The largest absolute Gasteiger partial charge is 0.409 e. The fourth-order valence-electron chi connectivity index (χ4n) is 2.30. The lowest BCUT2D eigenvalue weighted by molar-refractivity contribution is 0.318. The molecule has 0 radical (unpaired) electrons. The SMILES string of the molecule is Cc1cc(C)c(NCc2ccccc2/C(N)=N/O)c(Br)c1. The highest BCUT2D eigenvalue weighted by Crippen LogP contribution is 2.28. The maximum Gasteiger partial charge on any atom is 0.170 e. The van der Waals surface area contributed by atoms with Gasteiger partial charge in [-0.1, -0.05) is 35.5 Å². The van der Waals surface area contributed by atoms with E-state index in [2.05, 4.69) is 52.4 Å². The van der Waals surface area contributed by atoms with Crippen LogP contribution in [0.5, 0.6) is 0 Å². The molecule has 0 saturated heterocycles. The van der Waals surface area contributed by atoms with E-state index in [1.165, 1.54) is 11.1 Å². The molecule has 0 aliphatic heterocycles. The summed E-state index contributed by atoms with van der Waals surface area (Å²) in [6.45, 7) is 4.72. The summed E-state index contributed by atoms with van der Waals surface area (Å²) < 4.78 is 1.03. The molecule has 4 nitrogen and oxygen atoms in total. The van der Waals surface area contributed by atoms with E-state index < -0.39 is 0 Å². The number of nitrogens with one attached hydrogen (secondary N) is 1. The molecule has 0 aliphatic carbocycles. The van der Waals surface area contributed by atoms with Crippen molar-refractivity contribution in [1.82, 2.24) is 0 Å². The molecule has 2 aromatic rings. The Labute approximate surface area is 132 Å². The zero-order chi connectivity index (χ0) is 15.4. The summed E-state index contributed by atoms with van der Waals surface area (Å²) in [5.41, 5.74) is 10.8. The number of amidine groups is 1. The third-order valence-electron chi connectivity index (χ3n) is 3.29. The number of hydrogen-bond donors (Lipinski definition) is 3. The lowest BCUT2D eigenvalue weighted by Gasteiger charge is -2.14. The summed E-state index contributed by atoms with van der Waals surface area (Å²) >= 11 is 3.58. The Balaban J connectivity index is 2.26. The second kappa shape index (κ2) is 6.63. The topological polar surface area (TPSA) is 70.6 Å². The monoisotopic (exact) mass is 347 g/mol. The molecule has 0 bridgehead atoms. The molecular formula is C16H18BrN3O. The van der Waals surface area contributed by atoms with Crippen LogP contribution in [0.25, 0.3) is 0 Å². The van der Waals surface area contributed by atoms with Crippen molar-refractivity contribution in [1.29, 1.82) is 0 Å². The fraction of sp³-hybridized carbons (Fsp3) is 0.188. The molecule has 0 aliphatic rings. The van der Waals surface area contributed by atoms with Crippen LogP contribution in [-0.2, 0) is 6.54 Å². The number of benzene rings is 2. The minimum absolute atomic E-state index is 0.118. The van der Waals surface area contributed by atoms with E-state index >= 15 is 0 Å². The summed E-state index contributed by atoms with van der Waals surface area (Å²) in [7, 11) is 0. The number of rotatable bonds is 4. The van der Waals surface area contributed by atoms with Gasteiger partial charge < -0.3 is 16.3 Å². The number of hydrogen-bond acceptors (Lipinski definition) is 3. The smallest absolute Gasteiger partial charge is 0.170 e. The Kier molecular flexibility index (Phi) is 4.85. The van der Waals surface area contributed by atoms with Crippen LogP contribution in [0.2, 0.25) is 0 Å². The molecule has 0 unspecified atom stereocenters. The number of oxime groups is 1. The first-order chi connectivity index (χ1) is 10.0. The zero-order valence-electron chi connectivity index (χ0n) is 12.0. The van der Waals surface area contributed by atoms with Crippen LogP contribution in [-0.4, -0.2) is 11.0 Å². The van der Waals surface area contributed by atoms with Gasteiger partial charge in [-0.15, -0.1) is 0 Å². The van der Waals surface area contributed by atoms with Crippen molar-refractivity contribution in [3.63, 3.8) is 0 Å². The molecule has 0 heterocycles. The Bertz CT molecular complexity index is 660. The van der Waals surface area contributed by atoms with Gasteiger partial charge in [0.25, 0.3) is 0 Å². The Morgan fingerprint density at radius 2 is 2.00 bits per heavy atom. The average molecular weight is 348 g/mol. The van der Waals surface area contributed by atoms with Gasteiger partial charge in [0.1, 0.15) is 0 Å². The summed E-state index contributed by atoms with van der Waals surface area (Å²) in [5.74, 6) is 0.118. The van der Waals surface area contributed by atoms with Gasteiger partial charge in [0.15, 0.2) is 5.84 Å².